The zero-order chi connectivity index (χ0) is 14.4. The maximum absolute atomic E-state index is 5.78. The standard InChI is InChI=1S/C14H19N3O3/c1-10-3-4-11(15)9-12(10)14-16-13(17-20-14)5-6-19-8-7-18-2/h3-4,9H,5-8,15H2,1-2H3. The summed E-state index contributed by atoms with van der Waals surface area (Å²) in [6, 6.07) is 5.61. The van der Waals surface area contributed by atoms with Crippen molar-refractivity contribution in [3.8, 4) is 11.5 Å². The second kappa shape index (κ2) is 7.02. The Kier molecular flexibility index (Phi) is 5.09. The Balaban J connectivity index is 1.96. The minimum atomic E-state index is 0.488. The molecule has 1 heterocycles. The van der Waals surface area contributed by atoms with Crippen molar-refractivity contribution in [2.75, 3.05) is 32.7 Å². The first-order valence-corrected chi connectivity index (χ1v) is 6.46. The summed E-state index contributed by atoms with van der Waals surface area (Å²) in [7, 11) is 1.64. The van der Waals surface area contributed by atoms with Crippen molar-refractivity contribution in [1.82, 2.24) is 10.1 Å². The zero-order valence-corrected chi connectivity index (χ0v) is 11.8. The van der Waals surface area contributed by atoms with Gasteiger partial charge in [-0.25, -0.2) is 0 Å². The molecule has 20 heavy (non-hydrogen) atoms. The van der Waals surface area contributed by atoms with Gasteiger partial charge in [-0.3, -0.25) is 0 Å². The van der Waals surface area contributed by atoms with E-state index in [4.69, 9.17) is 19.7 Å². The van der Waals surface area contributed by atoms with E-state index in [1.807, 2.05) is 25.1 Å². The number of nitrogens with two attached hydrogens (primary N) is 1. The van der Waals surface area contributed by atoms with Gasteiger partial charge in [0.2, 0.25) is 0 Å². The fourth-order valence-corrected chi connectivity index (χ4v) is 1.74. The van der Waals surface area contributed by atoms with Crippen LogP contribution in [0.25, 0.3) is 11.5 Å². The third-order valence-corrected chi connectivity index (χ3v) is 2.86. The van der Waals surface area contributed by atoms with Crippen LogP contribution in [0.1, 0.15) is 11.4 Å². The van der Waals surface area contributed by atoms with E-state index >= 15 is 0 Å². The number of anilines is 1. The SMILES string of the molecule is COCCOCCc1noc(-c2cc(N)ccc2C)n1. The van der Waals surface area contributed by atoms with Gasteiger partial charge in [0.15, 0.2) is 5.82 Å². The number of hydrogen-bond acceptors (Lipinski definition) is 6. The van der Waals surface area contributed by atoms with Crippen LogP contribution in [-0.2, 0) is 15.9 Å². The predicted octanol–water partition coefficient (Wildman–Crippen LogP) is 1.83. The van der Waals surface area contributed by atoms with Gasteiger partial charge in [0.05, 0.1) is 19.8 Å². The van der Waals surface area contributed by atoms with Gasteiger partial charge in [-0.15, -0.1) is 0 Å². The minimum Gasteiger partial charge on any atom is -0.399 e. The van der Waals surface area contributed by atoms with E-state index in [-0.39, 0.29) is 0 Å². The van der Waals surface area contributed by atoms with Crippen LogP contribution in [0.15, 0.2) is 22.7 Å². The molecule has 0 aliphatic carbocycles. The Morgan fingerprint density at radius 1 is 1.25 bits per heavy atom. The van der Waals surface area contributed by atoms with E-state index in [0.29, 0.717) is 43.6 Å². The maximum atomic E-state index is 5.78. The van der Waals surface area contributed by atoms with E-state index < -0.39 is 0 Å². The molecule has 2 N–H and O–H groups in total. The highest BCUT2D eigenvalue weighted by molar-refractivity contribution is 5.63. The van der Waals surface area contributed by atoms with Crippen LogP contribution in [0, 0.1) is 6.92 Å². The summed E-state index contributed by atoms with van der Waals surface area (Å²) in [5.74, 6) is 1.11. The maximum Gasteiger partial charge on any atom is 0.258 e. The summed E-state index contributed by atoms with van der Waals surface area (Å²) < 4.78 is 15.5. The normalized spacial score (nSPS) is 10.9. The molecule has 0 spiro atoms. The van der Waals surface area contributed by atoms with Crippen molar-refractivity contribution in [3.05, 3.63) is 29.6 Å². The van der Waals surface area contributed by atoms with Crippen LogP contribution in [0.2, 0.25) is 0 Å². The van der Waals surface area contributed by atoms with Crippen LogP contribution in [-0.4, -0.2) is 37.1 Å². The molecule has 0 radical (unpaired) electrons. The first-order chi connectivity index (χ1) is 9.70. The fourth-order valence-electron chi connectivity index (χ4n) is 1.74. The number of hydrogen-bond donors (Lipinski definition) is 1. The lowest BCUT2D eigenvalue weighted by Gasteiger charge is -2.01. The Morgan fingerprint density at radius 2 is 2.10 bits per heavy atom. The number of aryl methyl sites for hydroxylation is 1. The molecule has 0 atom stereocenters. The molecule has 108 valence electrons. The number of aromatic nitrogens is 2. The Morgan fingerprint density at radius 3 is 2.90 bits per heavy atom. The van der Waals surface area contributed by atoms with E-state index in [2.05, 4.69) is 10.1 Å². The van der Waals surface area contributed by atoms with Crippen molar-refractivity contribution in [3.63, 3.8) is 0 Å². The molecule has 1 aromatic heterocycles. The Hall–Kier alpha value is -1.92. The molecule has 0 fully saturated rings. The van der Waals surface area contributed by atoms with Gasteiger partial charge in [0, 0.05) is 24.8 Å². The predicted molar refractivity (Wildman–Crippen MR) is 75.3 cm³/mol. The molecule has 0 unspecified atom stereocenters. The molecule has 6 nitrogen and oxygen atoms in total. The molecule has 6 heteroatoms. The minimum absolute atomic E-state index is 0.488. The molecule has 0 aliphatic rings. The molecule has 1 aromatic carbocycles. The highest BCUT2D eigenvalue weighted by atomic mass is 16.5. The second-order valence-electron chi connectivity index (χ2n) is 4.45. The summed E-state index contributed by atoms with van der Waals surface area (Å²) in [5, 5.41) is 3.94. The first kappa shape index (κ1) is 14.5. The van der Waals surface area contributed by atoms with Crippen molar-refractivity contribution < 1.29 is 14.0 Å². The Labute approximate surface area is 117 Å². The van der Waals surface area contributed by atoms with Crippen LogP contribution in [0.3, 0.4) is 0 Å². The van der Waals surface area contributed by atoms with Gasteiger partial charge in [0.1, 0.15) is 0 Å². The number of rotatable bonds is 7. The topological polar surface area (TPSA) is 83.4 Å². The monoisotopic (exact) mass is 277 g/mol. The van der Waals surface area contributed by atoms with Crippen LogP contribution >= 0.6 is 0 Å². The molecule has 0 saturated carbocycles. The van der Waals surface area contributed by atoms with E-state index in [0.717, 1.165) is 11.1 Å². The van der Waals surface area contributed by atoms with Gasteiger partial charge in [-0.1, -0.05) is 11.2 Å². The first-order valence-electron chi connectivity index (χ1n) is 6.46. The molecule has 2 rings (SSSR count). The zero-order valence-electron chi connectivity index (χ0n) is 11.8. The van der Waals surface area contributed by atoms with Gasteiger partial charge in [-0.2, -0.15) is 4.98 Å². The average Bonchev–Trinajstić information content (AvgIpc) is 2.90. The van der Waals surface area contributed by atoms with Crippen molar-refractivity contribution >= 4 is 5.69 Å². The van der Waals surface area contributed by atoms with Gasteiger partial charge in [0.25, 0.3) is 5.89 Å². The quantitative estimate of drug-likeness (QED) is 0.614. The summed E-state index contributed by atoms with van der Waals surface area (Å²) >= 11 is 0. The number of nitrogen functional groups attached to an aromatic ring is 1. The number of nitrogens with zero attached hydrogens (tertiary/aromatic N) is 2. The van der Waals surface area contributed by atoms with Gasteiger partial charge >= 0.3 is 0 Å². The van der Waals surface area contributed by atoms with Gasteiger partial charge in [-0.05, 0) is 24.6 Å². The highest BCUT2D eigenvalue weighted by Gasteiger charge is 2.11. The molecular weight excluding hydrogens is 258 g/mol. The van der Waals surface area contributed by atoms with Crippen LogP contribution in [0.4, 0.5) is 5.69 Å². The molecule has 0 saturated heterocycles. The summed E-state index contributed by atoms with van der Waals surface area (Å²) in [6.07, 6.45) is 0.606. The molecule has 0 amide bonds. The third kappa shape index (κ3) is 3.79. The molecule has 0 bridgehead atoms. The lowest BCUT2D eigenvalue weighted by atomic mass is 10.1. The molecule has 2 aromatic rings. The lowest BCUT2D eigenvalue weighted by Crippen LogP contribution is -2.05. The van der Waals surface area contributed by atoms with E-state index in [1.165, 1.54) is 0 Å². The lowest BCUT2D eigenvalue weighted by molar-refractivity contribution is 0.0714. The average molecular weight is 277 g/mol. The third-order valence-electron chi connectivity index (χ3n) is 2.86. The van der Waals surface area contributed by atoms with E-state index in [1.54, 1.807) is 7.11 Å². The second-order valence-corrected chi connectivity index (χ2v) is 4.45. The largest absolute Gasteiger partial charge is 0.399 e. The summed E-state index contributed by atoms with van der Waals surface area (Å²) in [6.45, 7) is 3.67. The number of benzene rings is 1. The number of ether oxygens (including phenoxy) is 2. The number of methoxy groups -OCH3 is 1. The Bertz CT molecular complexity index is 554. The summed E-state index contributed by atoms with van der Waals surface area (Å²) in [4.78, 5) is 4.36. The van der Waals surface area contributed by atoms with Crippen molar-refractivity contribution in [1.29, 1.82) is 0 Å². The summed E-state index contributed by atoms with van der Waals surface area (Å²) in [5.41, 5.74) is 8.36. The highest BCUT2D eigenvalue weighted by Crippen LogP contribution is 2.23. The van der Waals surface area contributed by atoms with Gasteiger partial charge < -0.3 is 19.7 Å². The van der Waals surface area contributed by atoms with Crippen molar-refractivity contribution in [2.45, 2.75) is 13.3 Å². The van der Waals surface area contributed by atoms with Crippen LogP contribution < -0.4 is 5.73 Å². The smallest absolute Gasteiger partial charge is 0.258 e. The van der Waals surface area contributed by atoms with E-state index in [9.17, 15) is 0 Å². The fraction of sp³-hybridized carbons (Fsp3) is 0.429. The molecule has 0 aliphatic heterocycles. The molecular formula is C14H19N3O3. The van der Waals surface area contributed by atoms with Crippen molar-refractivity contribution in [2.24, 2.45) is 0 Å². The van der Waals surface area contributed by atoms with Crippen LogP contribution in [0.5, 0.6) is 0 Å².